The zero-order valence-electron chi connectivity index (χ0n) is 21.1. The number of rotatable bonds is 14. The van der Waals surface area contributed by atoms with E-state index in [1.54, 1.807) is 0 Å². The van der Waals surface area contributed by atoms with Crippen LogP contribution >= 0.6 is 7.14 Å². The third kappa shape index (κ3) is 6.76. The van der Waals surface area contributed by atoms with Gasteiger partial charge in [0.25, 0.3) is 6.47 Å². The van der Waals surface area contributed by atoms with Gasteiger partial charge in [-0.05, 0) is 11.1 Å². The lowest BCUT2D eigenvalue weighted by Crippen LogP contribution is -2.38. The lowest BCUT2D eigenvalue weighted by molar-refractivity contribution is -0.146. The number of carbonyl (C=O) groups excluding carboxylic acids is 1. The van der Waals surface area contributed by atoms with Crippen LogP contribution in [0.5, 0.6) is 0 Å². The number of hydrogen-bond acceptors (Lipinski definition) is 5. The third-order valence-corrected chi connectivity index (χ3v) is 9.32. The van der Waals surface area contributed by atoms with Gasteiger partial charge in [-0.3, -0.25) is 4.79 Å². The summed E-state index contributed by atoms with van der Waals surface area (Å²) in [5.41, 5.74) is 1.91. The van der Waals surface area contributed by atoms with Gasteiger partial charge in [-0.1, -0.05) is 128 Å². The molecule has 6 heteroatoms. The topological polar surface area (TPSA) is 61.8 Å². The Bertz CT molecular complexity index is 1280. The van der Waals surface area contributed by atoms with Crippen molar-refractivity contribution in [1.29, 1.82) is 0 Å². The molecule has 0 aliphatic carbocycles. The number of carbonyl (C=O) groups is 1. The summed E-state index contributed by atoms with van der Waals surface area (Å²) in [6, 6.07) is 37.8. The Labute approximate surface area is 224 Å². The van der Waals surface area contributed by atoms with E-state index in [1.807, 2.05) is 121 Å². The standard InChI is InChI=1S/C32H31O5P/c1-26(38(34,29-18-10-4-11-19-29)30-20-12-5-13-21-30)32(36-23-28-16-8-3-9-17-28)31(37-25-33)24-35-22-27-14-6-2-7-15-27/h2-21,25,31-32H,1,22-24H2/t31-,32-/m1/s1. The molecule has 0 N–H and O–H groups in total. The molecule has 0 spiro atoms. The molecule has 0 fully saturated rings. The van der Waals surface area contributed by atoms with Crippen LogP contribution in [-0.2, 0) is 36.8 Å². The Balaban J connectivity index is 1.68. The van der Waals surface area contributed by atoms with Crippen molar-refractivity contribution in [3.05, 3.63) is 144 Å². The Morgan fingerprint density at radius 2 is 1.16 bits per heavy atom. The van der Waals surface area contributed by atoms with Crippen molar-refractivity contribution in [1.82, 2.24) is 0 Å². The van der Waals surface area contributed by atoms with E-state index in [-0.39, 0.29) is 13.2 Å². The lowest BCUT2D eigenvalue weighted by Gasteiger charge is -2.32. The average molecular weight is 527 g/mol. The summed E-state index contributed by atoms with van der Waals surface area (Å²) in [6.45, 7) is 5.27. The van der Waals surface area contributed by atoms with Crippen LogP contribution in [0.15, 0.2) is 133 Å². The van der Waals surface area contributed by atoms with E-state index in [9.17, 15) is 4.79 Å². The first-order chi connectivity index (χ1) is 18.6. The smallest absolute Gasteiger partial charge is 0.293 e. The molecule has 0 aliphatic rings. The normalized spacial score (nSPS) is 12.8. The maximum atomic E-state index is 15.0. The summed E-state index contributed by atoms with van der Waals surface area (Å²) in [6.07, 6.45) is -1.77. The lowest BCUT2D eigenvalue weighted by atomic mass is 10.2. The molecule has 4 aromatic carbocycles. The summed E-state index contributed by atoms with van der Waals surface area (Å²) >= 11 is 0. The molecule has 0 heterocycles. The SMILES string of the molecule is C=C([C@@H](OCc1ccccc1)[C@@H](COCc1ccccc1)OC=O)P(=O)(c1ccccc1)c1ccccc1. The van der Waals surface area contributed by atoms with Crippen molar-refractivity contribution in [2.75, 3.05) is 6.61 Å². The van der Waals surface area contributed by atoms with E-state index in [4.69, 9.17) is 14.2 Å². The predicted octanol–water partition coefficient (Wildman–Crippen LogP) is 5.86. The van der Waals surface area contributed by atoms with Crippen LogP contribution < -0.4 is 10.6 Å². The molecule has 5 nitrogen and oxygen atoms in total. The molecule has 38 heavy (non-hydrogen) atoms. The highest BCUT2D eigenvalue weighted by Crippen LogP contribution is 2.53. The fourth-order valence-corrected chi connectivity index (χ4v) is 7.00. The minimum atomic E-state index is -3.43. The summed E-state index contributed by atoms with van der Waals surface area (Å²) < 4.78 is 32.8. The number of hydrogen-bond donors (Lipinski definition) is 0. The van der Waals surface area contributed by atoms with Crippen molar-refractivity contribution in [3.8, 4) is 0 Å². The summed E-state index contributed by atoms with van der Waals surface area (Å²) in [5.74, 6) is 0. The van der Waals surface area contributed by atoms with Gasteiger partial charge in [0.15, 0.2) is 13.2 Å². The highest BCUT2D eigenvalue weighted by molar-refractivity contribution is 7.82. The summed E-state index contributed by atoms with van der Waals surface area (Å²) in [7, 11) is -3.43. The second kappa shape index (κ2) is 13.7. The largest absolute Gasteiger partial charge is 0.459 e. The highest BCUT2D eigenvalue weighted by atomic mass is 31.2. The molecule has 0 aromatic heterocycles. The van der Waals surface area contributed by atoms with Crippen molar-refractivity contribution in [3.63, 3.8) is 0 Å². The Kier molecular flexibility index (Phi) is 9.83. The van der Waals surface area contributed by atoms with E-state index in [0.29, 0.717) is 29.0 Å². The highest BCUT2D eigenvalue weighted by Gasteiger charge is 2.40. The van der Waals surface area contributed by atoms with E-state index in [0.717, 1.165) is 11.1 Å². The van der Waals surface area contributed by atoms with Crippen LogP contribution in [0.4, 0.5) is 0 Å². The van der Waals surface area contributed by atoms with Crippen LogP contribution in [0.3, 0.4) is 0 Å². The van der Waals surface area contributed by atoms with E-state index >= 15 is 4.57 Å². The second-order valence-electron chi connectivity index (χ2n) is 8.76. The van der Waals surface area contributed by atoms with Crippen molar-refractivity contribution in [2.24, 2.45) is 0 Å². The Morgan fingerprint density at radius 1 is 0.711 bits per heavy atom. The van der Waals surface area contributed by atoms with E-state index in [1.165, 1.54) is 0 Å². The fourth-order valence-electron chi connectivity index (χ4n) is 4.25. The van der Waals surface area contributed by atoms with Gasteiger partial charge in [-0.25, -0.2) is 0 Å². The molecule has 0 bridgehead atoms. The molecular formula is C32H31O5P. The van der Waals surface area contributed by atoms with E-state index < -0.39 is 19.3 Å². The molecule has 0 amide bonds. The molecule has 0 unspecified atom stereocenters. The summed E-state index contributed by atoms with van der Waals surface area (Å²) in [4.78, 5) is 11.6. The molecule has 194 valence electrons. The Hall–Kier alpha value is -3.76. The van der Waals surface area contributed by atoms with Crippen LogP contribution in [0.1, 0.15) is 11.1 Å². The first-order valence-corrected chi connectivity index (χ1v) is 14.1. The van der Waals surface area contributed by atoms with Gasteiger partial charge in [0.2, 0.25) is 0 Å². The Morgan fingerprint density at radius 3 is 1.63 bits per heavy atom. The number of benzene rings is 4. The summed E-state index contributed by atoms with van der Waals surface area (Å²) in [5, 5.41) is 1.58. The zero-order chi connectivity index (χ0) is 26.6. The van der Waals surface area contributed by atoms with Crippen LogP contribution in [0.2, 0.25) is 0 Å². The maximum Gasteiger partial charge on any atom is 0.293 e. The van der Waals surface area contributed by atoms with Gasteiger partial charge >= 0.3 is 0 Å². The molecule has 4 aromatic rings. The van der Waals surface area contributed by atoms with Gasteiger partial charge in [-0.2, -0.15) is 0 Å². The van der Waals surface area contributed by atoms with Gasteiger partial charge in [-0.15, -0.1) is 0 Å². The van der Waals surface area contributed by atoms with Gasteiger partial charge in [0.1, 0.15) is 6.10 Å². The zero-order valence-corrected chi connectivity index (χ0v) is 22.0. The van der Waals surface area contributed by atoms with Gasteiger partial charge in [0.05, 0.1) is 19.8 Å². The molecule has 0 aliphatic heterocycles. The molecule has 0 saturated carbocycles. The monoisotopic (exact) mass is 526 g/mol. The third-order valence-electron chi connectivity index (χ3n) is 6.21. The predicted molar refractivity (Wildman–Crippen MR) is 151 cm³/mol. The fraction of sp³-hybridized carbons (Fsp3) is 0.156. The molecule has 2 atom stereocenters. The van der Waals surface area contributed by atoms with Crippen molar-refractivity contribution < 1.29 is 23.6 Å². The quantitative estimate of drug-likeness (QED) is 0.152. The minimum Gasteiger partial charge on any atom is -0.459 e. The van der Waals surface area contributed by atoms with E-state index in [2.05, 4.69) is 6.58 Å². The minimum absolute atomic E-state index is 0.0374. The molecular weight excluding hydrogens is 495 g/mol. The van der Waals surface area contributed by atoms with Crippen molar-refractivity contribution in [2.45, 2.75) is 25.4 Å². The maximum absolute atomic E-state index is 15.0. The molecule has 0 saturated heterocycles. The molecule has 4 rings (SSSR count). The van der Waals surface area contributed by atoms with Gasteiger partial charge in [0, 0.05) is 15.9 Å². The van der Waals surface area contributed by atoms with Crippen LogP contribution in [0, 0.1) is 0 Å². The van der Waals surface area contributed by atoms with Crippen LogP contribution in [-0.4, -0.2) is 25.3 Å². The van der Waals surface area contributed by atoms with Gasteiger partial charge < -0.3 is 18.8 Å². The average Bonchev–Trinajstić information content (AvgIpc) is 2.98. The van der Waals surface area contributed by atoms with Crippen LogP contribution in [0.25, 0.3) is 0 Å². The first-order valence-electron chi connectivity index (χ1n) is 12.4. The first kappa shape index (κ1) is 27.3. The second-order valence-corrected chi connectivity index (χ2v) is 11.6. The van der Waals surface area contributed by atoms with Crippen molar-refractivity contribution >= 4 is 24.2 Å². The molecule has 0 radical (unpaired) electrons. The number of ether oxygens (including phenoxy) is 3.